The molecule has 2 aromatic heterocycles. The van der Waals surface area contributed by atoms with Crippen molar-refractivity contribution in [3.8, 4) is 11.1 Å². The molecule has 2 heterocycles. The van der Waals surface area contributed by atoms with Gasteiger partial charge in [-0.2, -0.15) is 0 Å². The fourth-order valence-corrected chi connectivity index (χ4v) is 3.34. The number of unbranched alkanes of at least 4 members (excludes halogenated alkanes) is 3. The van der Waals surface area contributed by atoms with Crippen molar-refractivity contribution in [2.45, 2.75) is 39.0 Å². The molecule has 0 spiro atoms. The van der Waals surface area contributed by atoms with Crippen LogP contribution in [0, 0.1) is 5.82 Å². The standard InChI is InChI=1S/C25H28FN3O2/c1-2-31-25(30)10-5-3-4-8-18-29(23-9-6-7-17-27-23)24-16-13-21(19-28-24)20-11-14-22(26)15-12-20/h6-7,9,11-17,19H,2-5,8,10,18H2,1H3. The Labute approximate surface area is 182 Å². The number of pyridine rings is 2. The zero-order valence-electron chi connectivity index (χ0n) is 17.8. The number of esters is 1. The van der Waals surface area contributed by atoms with Crippen LogP contribution in [0.3, 0.4) is 0 Å². The molecular weight excluding hydrogens is 393 g/mol. The molecule has 1 aromatic carbocycles. The number of hydrogen-bond donors (Lipinski definition) is 0. The van der Waals surface area contributed by atoms with Crippen molar-refractivity contribution in [1.82, 2.24) is 9.97 Å². The van der Waals surface area contributed by atoms with Gasteiger partial charge in [0.2, 0.25) is 0 Å². The summed E-state index contributed by atoms with van der Waals surface area (Å²) in [5.74, 6) is 1.28. The summed E-state index contributed by atoms with van der Waals surface area (Å²) in [4.78, 5) is 22.7. The van der Waals surface area contributed by atoms with Crippen LogP contribution < -0.4 is 4.90 Å². The summed E-state index contributed by atoms with van der Waals surface area (Å²) in [6.45, 7) is 3.04. The van der Waals surface area contributed by atoms with E-state index in [0.717, 1.165) is 55.0 Å². The maximum atomic E-state index is 13.2. The van der Waals surface area contributed by atoms with E-state index < -0.39 is 0 Å². The normalized spacial score (nSPS) is 10.6. The Hall–Kier alpha value is -3.28. The van der Waals surface area contributed by atoms with Crippen LogP contribution in [0.5, 0.6) is 0 Å². The summed E-state index contributed by atoms with van der Waals surface area (Å²) in [6, 6.07) is 16.2. The Morgan fingerprint density at radius 1 is 0.903 bits per heavy atom. The first-order valence-corrected chi connectivity index (χ1v) is 10.7. The van der Waals surface area contributed by atoms with E-state index in [0.29, 0.717) is 13.0 Å². The Balaban J connectivity index is 1.61. The molecular formula is C25H28FN3O2. The summed E-state index contributed by atoms with van der Waals surface area (Å²) >= 11 is 0. The van der Waals surface area contributed by atoms with Crippen molar-refractivity contribution in [2.75, 3.05) is 18.1 Å². The zero-order valence-corrected chi connectivity index (χ0v) is 17.8. The van der Waals surface area contributed by atoms with E-state index in [1.807, 2.05) is 37.3 Å². The van der Waals surface area contributed by atoms with Crippen molar-refractivity contribution >= 4 is 17.6 Å². The van der Waals surface area contributed by atoms with Gasteiger partial charge in [-0.3, -0.25) is 4.79 Å². The molecule has 0 saturated heterocycles. The second-order valence-electron chi connectivity index (χ2n) is 7.22. The van der Waals surface area contributed by atoms with E-state index in [9.17, 15) is 9.18 Å². The highest BCUT2D eigenvalue weighted by molar-refractivity contribution is 5.69. The lowest BCUT2D eigenvalue weighted by molar-refractivity contribution is -0.143. The van der Waals surface area contributed by atoms with Crippen LogP contribution >= 0.6 is 0 Å². The van der Waals surface area contributed by atoms with Gasteiger partial charge in [0.05, 0.1) is 6.61 Å². The number of nitrogens with zero attached hydrogens (tertiary/aromatic N) is 3. The van der Waals surface area contributed by atoms with Crippen molar-refractivity contribution in [1.29, 1.82) is 0 Å². The summed E-state index contributed by atoms with van der Waals surface area (Å²) in [5, 5.41) is 0. The van der Waals surface area contributed by atoms with Crippen LogP contribution in [-0.4, -0.2) is 29.1 Å². The number of carbonyl (C=O) groups is 1. The van der Waals surface area contributed by atoms with Gasteiger partial charge < -0.3 is 9.64 Å². The fourth-order valence-electron chi connectivity index (χ4n) is 3.34. The van der Waals surface area contributed by atoms with Gasteiger partial charge in [-0.25, -0.2) is 14.4 Å². The highest BCUT2D eigenvalue weighted by atomic mass is 19.1. The minimum absolute atomic E-state index is 0.122. The van der Waals surface area contributed by atoms with E-state index in [2.05, 4.69) is 14.9 Å². The quantitative estimate of drug-likeness (QED) is 0.283. The lowest BCUT2D eigenvalue weighted by Gasteiger charge is -2.23. The van der Waals surface area contributed by atoms with Gasteiger partial charge in [0, 0.05) is 30.9 Å². The average molecular weight is 422 g/mol. The summed E-state index contributed by atoms with van der Waals surface area (Å²) in [6.07, 6.45) is 7.84. The van der Waals surface area contributed by atoms with E-state index in [1.54, 1.807) is 24.5 Å². The van der Waals surface area contributed by atoms with Crippen molar-refractivity contribution < 1.29 is 13.9 Å². The lowest BCUT2D eigenvalue weighted by Crippen LogP contribution is -2.20. The molecule has 0 N–H and O–H groups in total. The van der Waals surface area contributed by atoms with E-state index in [4.69, 9.17) is 4.74 Å². The molecule has 6 heteroatoms. The van der Waals surface area contributed by atoms with Crippen molar-refractivity contribution in [2.24, 2.45) is 0 Å². The van der Waals surface area contributed by atoms with Crippen LogP contribution in [0.1, 0.15) is 39.0 Å². The maximum absolute atomic E-state index is 13.2. The number of anilines is 2. The van der Waals surface area contributed by atoms with Gasteiger partial charge in [0.1, 0.15) is 17.5 Å². The number of hydrogen-bond acceptors (Lipinski definition) is 5. The maximum Gasteiger partial charge on any atom is 0.305 e. The third-order valence-corrected chi connectivity index (χ3v) is 4.95. The largest absolute Gasteiger partial charge is 0.466 e. The van der Waals surface area contributed by atoms with Crippen molar-refractivity contribution in [3.05, 3.63) is 72.8 Å². The average Bonchev–Trinajstić information content (AvgIpc) is 2.80. The van der Waals surface area contributed by atoms with Crippen LogP contribution in [-0.2, 0) is 9.53 Å². The Bertz CT molecular complexity index is 931. The minimum Gasteiger partial charge on any atom is -0.466 e. The topological polar surface area (TPSA) is 55.3 Å². The number of ether oxygens (including phenoxy) is 1. The molecule has 0 unspecified atom stereocenters. The molecule has 3 rings (SSSR count). The van der Waals surface area contributed by atoms with Crippen LogP contribution in [0.25, 0.3) is 11.1 Å². The molecule has 0 aliphatic heterocycles. The van der Waals surface area contributed by atoms with E-state index in [-0.39, 0.29) is 11.8 Å². The third-order valence-electron chi connectivity index (χ3n) is 4.95. The molecule has 0 atom stereocenters. The molecule has 0 fully saturated rings. The SMILES string of the molecule is CCOC(=O)CCCCCCN(c1ccccn1)c1ccc(-c2ccc(F)cc2)cn1. The molecule has 0 amide bonds. The zero-order chi connectivity index (χ0) is 21.9. The lowest BCUT2D eigenvalue weighted by atomic mass is 10.1. The van der Waals surface area contributed by atoms with Gasteiger partial charge in [-0.15, -0.1) is 0 Å². The summed E-state index contributed by atoms with van der Waals surface area (Å²) < 4.78 is 18.1. The first kappa shape index (κ1) is 22.4. The predicted octanol–water partition coefficient (Wildman–Crippen LogP) is 5.93. The highest BCUT2D eigenvalue weighted by Crippen LogP contribution is 2.25. The van der Waals surface area contributed by atoms with Gasteiger partial charge in [0.15, 0.2) is 0 Å². The molecule has 31 heavy (non-hydrogen) atoms. The molecule has 0 saturated carbocycles. The van der Waals surface area contributed by atoms with Gasteiger partial charge >= 0.3 is 5.97 Å². The second-order valence-corrected chi connectivity index (χ2v) is 7.22. The fraction of sp³-hybridized carbons (Fsp3) is 0.320. The highest BCUT2D eigenvalue weighted by Gasteiger charge is 2.12. The molecule has 5 nitrogen and oxygen atoms in total. The van der Waals surface area contributed by atoms with Crippen LogP contribution in [0.15, 0.2) is 67.0 Å². The second kappa shape index (κ2) is 11.8. The Morgan fingerprint density at radius 2 is 1.65 bits per heavy atom. The number of benzene rings is 1. The smallest absolute Gasteiger partial charge is 0.305 e. The molecule has 0 radical (unpaired) electrons. The number of aromatic nitrogens is 2. The molecule has 3 aromatic rings. The Morgan fingerprint density at radius 3 is 2.32 bits per heavy atom. The van der Waals surface area contributed by atoms with E-state index >= 15 is 0 Å². The minimum atomic E-state index is -0.253. The van der Waals surface area contributed by atoms with Gasteiger partial charge in [0.25, 0.3) is 0 Å². The Kier molecular flexibility index (Phi) is 8.52. The molecule has 162 valence electrons. The van der Waals surface area contributed by atoms with E-state index in [1.165, 1.54) is 12.1 Å². The van der Waals surface area contributed by atoms with Gasteiger partial charge in [-0.1, -0.05) is 31.0 Å². The first-order chi connectivity index (χ1) is 15.2. The number of halogens is 1. The number of carbonyl (C=O) groups excluding carboxylic acids is 1. The monoisotopic (exact) mass is 421 g/mol. The molecule has 0 bridgehead atoms. The van der Waals surface area contributed by atoms with Gasteiger partial charge in [-0.05, 0) is 61.7 Å². The number of rotatable bonds is 11. The third kappa shape index (κ3) is 6.88. The first-order valence-electron chi connectivity index (χ1n) is 10.7. The van der Waals surface area contributed by atoms with Crippen molar-refractivity contribution in [3.63, 3.8) is 0 Å². The molecule has 0 aliphatic rings. The predicted molar refractivity (Wildman–Crippen MR) is 121 cm³/mol. The van der Waals surface area contributed by atoms with Crippen LogP contribution in [0.2, 0.25) is 0 Å². The summed E-state index contributed by atoms with van der Waals surface area (Å²) in [5.41, 5.74) is 1.86. The molecule has 0 aliphatic carbocycles. The van der Waals surface area contributed by atoms with Crippen LogP contribution in [0.4, 0.5) is 16.0 Å². The summed E-state index contributed by atoms with van der Waals surface area (Å²) in [7, 11) is 0.